The molecular formula is C21H26N4O7S. The summed E-state index contributed by atoms with van der Waals surface area (Å²) < 4.78 is 36.9. The van der Waals surface area contributed by atoms with E-state index in [2.05, 4.69) is 15.6 Å². The molecule has 1 aromatic heterocycles. The predicted octanol–water partition coefficient (Wildman–Crippen LogP) is 0.343. The molecule has 0 aliphatic heterocycles. The van der Waals surface area contributed by atoms with Gasteiger partial charge in [0, 0.05) is 38.6 Å². The molecule has 2 aromatic rings. The van der Waals surface area contributed by atoms with Gasteiger partial charge in [-0.3, -0.25) is 19.4 Å². The van der Waals surface area contributed by atoms with Crippen molar-refractivity contribution in [2.24, 2.45) is 0 Å². The number of aromatic nitrogens is 1. The van der Waals surface area contributed by atoms with Crippen LogP contribution in [0.2, 0.25) is 0 Å². The number of ether oxygens (including phenoxy) is 2. The van der Waals surface area contributed by atoms with Crippen molar-refractivity contribution in [1.82, 2.24) is 20.3 Å². The van der Waals surface area contributed by atoms with Crippen molar-refractivity contribution in [1.29, 1.82) is 0 Å². The normalized spacial score (nSPS) is 11.0. The van der Waals surface area contributed by atoms with E-state index in [4.69, 9.17) is 9.47 Å². The summed E-state index contributed by atoms with van der Waals surface area (Å²) >= 11 is 0. The van der Waals surface area contributed by atoms with Crippen molar-refractivity contribution in [3.63, 3.8) is 0 Å². The van der Waals surface area contributed by atoms with E-state index < -0.39 is 21.8 Å². The van der Waals surface area contributed by atoms with E-state index in [-0.39, 0.29) is 27.6 Å². The standard InChI is InChI=1S/C21H26N4O7S/c1-3-32-13-11-23-21(28)18-9-6-16(14-24-18)20(27)25-33(29,30)17-7-4-15(5-8-17)19(26)22-10-12-31-2/h4-9,14H,3,10-13H2,1-2H3,(H,22,26)(H,23,28)(H,25,27). The zero-order valence-electron chi connectivity index (χ0n) is 18.3. The molecule has 33 heavy (non-hydrogen) atoms. The molecule has 0 spiro atoms. The fraction of sp³-hybridized carbons (Fsp3) is 0.333. The van der Waals surface area contributed by atoms with Gasteiger partial charge >= 0.3 is 0 Å². The van der Waals surface area contributed by atoms with Crippen molar-refractivity contribution in [3.05, 3.63) is 59.4 Å². The maximum atomic E-state index is 12.5. The van der Waals surface area contributed by atoms with E-state index in [0.717, 1.165) is 6.20 Å². The second-order valence-electron chi connectivity index (χ2n) is 6.59. The number of amides is 3. The second-order valence-corrected chi connectivity index (χ2v) is 8.28. The second kappa shape index (κ2) is 12.6. The van der Waals surface area contributed by atoms with Crippen molar-refractivity contribution < 1.29 is 32.3 Å². The molecule has 0 aliphatic rings. The smallest absolute Gasteiger partial charge is 0.269 e. The summed E-state index contributed by atoms with van der Waals surface area (Å²) in [5.41, 5.74) is 0.291. The first-order valence-electron chi connectivity index (χ1n) is 10.0. The molecule has 3 N–H and O–H groups in total. The van der Waals surface area contributed by atoms with Crippen molar-refractivity contribution in [2.45, 2.75) is 11.8 Å². The van der Waals surface area contributed by atoms with Crippen LogP contribution in [-0.4, -0.2) is 71.1 Å². The van der Waals surface area contributed by atoms with Gasteiger partial charge in [-0.2, -0.15) is 0 Å². The van der Waals surface area contributed by atoms with Gasteiger partial charge in [0.05, 0.1) is 23.7 Å². The summed E-state index contributed by atoms with van der Waals surface area (Å²) in [6.45, 7) is 3.70. The minimum atomic E-state index is -4.19. The van der Waals surface area contributed by atoms with E-state index in [1.165, 1.54) is 43.5 Å². The molecule has 1 aromatic carbocycles. The Balaban J connectivity index is 1.98. The van der Waals surface area contributed by atoms with Crippen LogP contribution in [-0.2, 0) is 19.5 Å². The number of nitrogens with one attached hydrogen (secondary N) is 3. The number of hydrogen-bond donors (Lipinski definition) is 3. The first-order valence-corrected chi connectivity index (χ1v) is 11.5. The summed E-state index contributed by atoms with van der Waals surface area (Å²) in [6.07, 6.45) is 1.11. The third-order valence-electron chi connectivity index (χ3n) is 4.24. The van der Waals surface area contributed by atoms with Gasteiger partial charge in [0.25, 0.3) is 27.7 Å². The van der Waals surface area contributed by atoms with Crippen LogP contribution in [0.4, 0.5) is 0 Å². The molecule has 0 atom stereocenters. The topological polar surface area (TPSA) is 153 Å². The Morgan fingerprint density at radius 3 is 2.12 bits per heavy atom. The number of rotatable bonds is 12. The van der Waals surface area contributed by atoms with E-state index in [1.807, 2.05) is 11.6 Å². The first kappa shape index (κ1) is 25.9. The Hall–Kier alpha value is -3.35. The molecule has 0 aliphatic carbocycles. The van der Waals surface area contributed by atoms with Crippen molar-refractivity contribution in [2.75, 3.05) is 40.0 Å². The SMILES string of the molecule is CCOCCNC(=O)c1ccc(C(=O)NS(=O)(=O)c2ccc(C(=O)NCCOC)cc2)cn1. The van der Waals surface area contributed by atoms with Crippen LogP contribution in [0.3, 0.4) is 0 Å². The fourth-order valence-corrected chi connectivity index (χ4v) is 3.50. The average Bonchev–Trinajstić information content (AvgIpc) is 2.81. The zero-order valence-corrected chi connectivity index (χ0v) is 19.1. The number of carbonyl (C=O) groups is 3. The largest absolute Gasteiger partial charge is 0.383 e. The quantitative estimate of drug-likeness (QED) is 0.369. The molecule has 0 bridgehead atoms. The summed E-state index contributed by atoms with van der Waals surface area (Å²) in [4.78, 5) is 40.0. The Morgan fingerprint density at radius 2 is 1.52 bits per heavy atom. The summed E-state index contributed by atoms with van der Waals surface area (Å²) in [5.74, 6) is -1.74. The number of pyridine rings is 1. The fourth-order valence-electron chi connectivity index (χ4n) is 2.53. The van der Waals surface area contributed by atoms with E-state index >= 15 is 0 Å². The molecular weight excluding hydrogens is 452 g/mol. The monoisotopic (exact) mass is 478 g/mol. The van der Waals surface area contributed by atoms with E-state index in [0.29, 0.717) is 32.9 Å². The maximum Gasteiger partial charge on any atom is 0.269 e. The number of nitrogens with zero attached hydrogens (tertiary/aromatic N) is 1. The molecule has 2 rings (SSSR count). The van der Waals surface area contributed by atoms with Gasteiger partial charge in [-0.15, -0.1) is 0 Å². The van der Waals surface area contributed by atoms with Crippen LogP contribution in [0.25, 0.3) is 0 Å². The molecule has 0 fully saturated rings. The lowest BCUT2D eigenvalue weighted by atomic mass is 10.2. The van der Waals surface area contributed by atoms with Crippen LogP contribution < -0.4 is 15.4 Å². The zero-order chi connectivity index (χ0) is 24.3. The van der Waals surface area contributed by atoms with Crippen LogP contribution in [0.5, 0.6) is 0 Å². The number of benzene rings is 1. The highest BCUT2D eigenvalue weighted by molar-refractivity contribution is 7.90. The van der Waals surface area contributed by atoms with Crippen molar-refractivity contribution in [3.8, 4) is 0 Å². The molecule has 12 heteroatoms. The summed E-state index contributed by atoms with van der Waals surface area (Å²) in [7, 11) is -2.68. The molecule has 1 heterocycles. The highest BCUT2D eigenvalue weighted by Gasteiger charge is 2.20. The molecule has 0 saturated carbocycles. The summed E-state index contributed by atoms with van der Waals surface area (Å²) in [6, 6.07) is 7.71. The minimum Gasteiger partial charge on any atom is -0.383 e. The van der Waals surface area contributed by atoms with Crippen LogP contribution in [0, 0.1) is 0 Å². The Morgan fingerprint density at radius 1 is 0.879 bits per heavy atom. The Kier molecular flexibility index (Phi) is 9.91. The lowest BCUT2D eigenvalue weighted by Gasteiger charge is -2.09. The van der Waals surface area contributed by atoms with Gasteiger partial charge in [-0.1, -0.05) is 0 Å². The minimum absolute atomic E-state index is 0.0430. The summed E-state index contributed by atoms with van der Waals surface area (Å²) in [5, 5.41) is 5.23. The van der Waals surface area contributed by atoms with Crippen LogP contribution >= 0.6 is 0 Å². The number of sulfonamides is 1. The van der Waals surface area contributed by atoms with Gasteiger partial charge in [0.2, 0.25) is 0 Å². The number of hydrogen-bond acceptors (Lipinski definition) is 8. The van der Waals surface area contributed by atoms with Gasteiger partial charge in [-0.25, -0.2) is 13.1 Å². The highest BCUT2D eigenvalue weighted by atomic mass is 32.2. The lowest BCUT2D eigenvalue weighted by Crippen LogP contribution is -2.31. The third-order valence-corrected chi connectivity index (χ3v) is 5.59. The van der Waals surface area contributed by atoms with Crippen LogP contribution in [0.1, 0.15) is 38.1 Å². The lowest BCUT2D eigenvalue weighted by molar-refractivity contribution is 0.0914. The molecule has 178 valence electrons. The predicted molar refractivity (Wildman–Crippen MR) is 118 cm³/mol. The van der Waals surface area contributed by atoms with Crippen molar-refractivity contribution >= 4 is 27.7 Å². The first-order chi connectivity index (χ1) is 15.8. The van der Waals surface area contributed by atoms with E-state index in [1.54, 1.807) is 0 Å². The third kappa shape index (κ3) is 7.93. The Labute approximate surface area is 191 Å². The van der Waals surface area contributed by atoms with Gasteiger partial charge < -0.3 is 20.1 Å². The molecule has 0 radical (unpaired) electrons. The molecule has 3 amide bonds. The maximum absolute atomic E-state index is 12.5. The van der Waals surface area contributed by atoms with Gasteiger partial charge in [0.1, 0.15) is 5.69 Å². The molecule has 11 nitrogen and oxygen atoms in total. The number of methoxy groups -OCH3 is 1. The van der Waals surface area contributed by atoms with Gasteiger partial charge in [0.15, 0.2) is 0 Å². The van der Waals surface area contributed by atoms with Crippen LogP contribution in [0.15, 0.2) is 47.5 Å². The van der Waals surface area contributed by atoms with Gasteiger partial charge in [-0.05, 0) is 43.3 Å². The number of carbonyl (C=O) groups excluding carboxylic acids is 3. The molecule has 0 saturated heterocycles. The Bertz CT molecular complexity index is 1060. The molecule has 0 unspecified atom stereocenters. The van der Waals surface area contributed by atoms with E-state index in [9.17, 15) is 22.8 Å². The highest BCUT2D eigenvalue weighted by Crippen LogP contribution is 2.12. The average molecular weight is 479 g/mol.